The Balaban J connectivity index is 1.76. The van der Waals surface area contributed by atoms with Gasteiger partial charge < -0.3 is 15.2 Å². The van der Waals surface area contributed by atoms with E-state index in [0.29, 0.717) is 16.0 Å². The van der Waals surface area contributed by atoms with Crippen molar-refractivity contribution in [3.8, 4) is 0 Å². The monoisotopic (exact) mass is 358 g/mol. The van der Waals surface area contributed by atoms with Crippen LogP contribution in [0.15, 0.2) is 48.6 Å². The van der Waals surface area contributed by atoms with Gasteiger partial charge in [0.15, 0.2) is 0 Å². The second-order valence-corrected chi connectivity index (χ2v) is 7.08. The number of nitrogens with one attached hydrogen (secondary N) is 1. The van der Waals surface area contributed by atoms with Crippen molar-refractivity contribution in [2.75, 3.05) is 5.32 Å². The largest absolute Gasteiger partial charge is 0.545 e. The third-order valence-electron chi connectivity index (χ3n) is 4.89. The SMILES string of the molecule is O=C([O-])c1ccc([C@H]2Nc3c(Cl)cc(Cl)cc3[C@@H]3C=CC[C@H]23)cc1. The summed E-state index contributed by atoms with van der Waals surface area (Å²) in [5.74, 6) is -0.564. The van der Waals surface area contributed by atoms with E-state index in [1.807, 2.05) is 18.2 Å². The Kier molecular flexibility index (Phi) is 3.78. The minimum Gasteiger partial charge on any atom is -0.545 e. The summed E-state index contributed by atoms with van der Waals surface area (Å²) >= 11 is 12.6. The molecule has 2 aromatic rings. The second kappa shape index (κ2) is 5.83. The maximum Gasteiger partial charge on any atom is 0.0715 e. The van der Waals surface area contributed by atoms with Crippen molar-refractivity contribution >= 4 is 34.9 Å². The van der Waals surface area contributed by atoms with Crippen LogP contribution in [0.3, 0.4) is 0 Å². The van der Waals surface area contributed by atoms with Crippen molar-refractivity contribution < 1.29 is 9.90 Å². The molecule has 2 aromatic carbocycles. The van der Waals surface area contributed by atoms with E-state index in [-0.39, 0.29) is 17.5 Å². The van der Waals surface area contributed by atoms with E-state index in [1.165, 1.54) is 0 Å². The lowest BCUT2D eigenvalue weighted by atomic mass is 9.77. The molecule has 0 unspecified atom stereocenters. The highest BCUT2D eigenvalue weighted by Gasteiger charge is 2.38. The van der Waals surface area contributed by atoms with Crippen LogP contribution < -0.4 is 10.4 Å². The van der Waals surface area contributed by atoms with Crippen LogP contribution in [0.4, 0.5) is 5.69 Å². The third kappa shape index (κ3) is 2.48. The minimum atomic E-state index is -1.17. The molecule has 3 nitrogen and oxygen atoms in total. The first kappa shape index (κ1) is 15.6. The number of carbonyl (C=O) groups excluding carboxylic acids is 1. The lowest BCUT2D eigenvalue weighted by Crippen LogP contribution is -2.29. The average Bonchev–Trinajstić information content (AvgIpc) is 3.04. The van der Waals surface area contributed by atoms with E-state index >= 15 is 0 Å². The summed E-state index contributed by atoms with van der Waals surface area (Å²) in [5, 5.41) is 15.7. The van der Waals surface area contributed by atoms with Crippen LogP contribution in [-0.2, 0) is 0 Å². The number of carboxylic acid groups (broad SMARTS) is 1. The number of aromatic carboxylic acids is 1. The highest BCUT2D eigenvalue weighted by Crippen LogP contribution is 2.52. The topological polar surface area (TPSA) is 52.2 Å². The molecule has 0 saturated heterocycles. The number of hydrogen-bond donors (Lipinski definition) is 1. The normalized spacial score (nSPS) is 24.2. The Labute approximate surface area is 149 Å². The van der Waals surface area contributed by atoms with Crippen LogP contribution >= 0.6 is 23.2 Å². The predicted octanol–water partition coefficient (Wildman–Crippen LogP) is 4.18. The summed E-state index contributed by atoms with van der Waals surface area (Å²) in [6, 6.07) is 10.6. The van der Waals surface area contributed by atoms with Crippen molar-refractivity contribution in [2.24, 2.45) is 5.92 Å². The maximum atomic E-state index is 10.9. The predicted molar refractivity (Wildman–Crippen MR) is 93.6 cm³/mol. The molecule has 122 valence electrons. The number of carbonyl (C=O) groups is 1. The molecule has 24 heavy (non-hydrogen) atoms. The van der Waals surface area contributed by atoms with Crippen molar-refractivity contribution in [3.63, 3.8) is 0 Å². The zero-order valence-corrected chi connectivity index (χ0v) is 14.1. The van der Waals surface area contributed by atoms with Crippen molar-refractivity contribution in [1.29, 1.82) is 0 Å². The summed E-state index contributed by atoms with van der Waals surface area (Å²) in [7, 11) is 0. The Morgan fingerprint density at radius 3 is 2.62 bits per heavy atom. The molecule has 0 amide bonds. The van der Waals surface area contributed by atoms with E-state index in [1.54, 1.807) is 18.2 Å². The standard InChI is InChI=1S/C19H15Cl2NO2/c20-12-8-15-13-2-1-3-14(13)17(22-18(15)16(21)9-12)10-4-6-11(7-5-10)19(23)24/h1-2,4-9,13-14,17,22H,3H2,(H,23,24)/p-1/t13-,14+,17-/m1/s1. The van der Waals surface area contributed by atoms with Gasteiger partial charge in [-0.15, -0.1) is 0 Å². The Morgan fingerprint density at radius 2 is 1.92 bits per heavy atom. The number of benzene rings is 2. The molecule has 1 aliphatic heterocycles. The molecule has 0 bridgehead atoms. The molecule has 0 aromatic heterocycles. The van der Waals surface area contributed by atoms with Crippen molar-refractivity contribution in [3.05, 3.63) is 75.3 Å². The highest BCUT2D eigenvalue weighted by molar-refractivity contribution is 6.36. The van der Waals surface area contributed by atoms with Gasteiger partial charge in [-0.1, -0.05) is 59.6 Å². The molecule has 1 N–H and O–H groups in total. The van der Waals surface area contributed by atoms with Gasteiger partial charge in [0.05, 0.1) is 22.7 Å². The second-order valence-electron chi connectivity index (χ2n) is 6.24. The van der Waals surface area contributed by atoms with Gasteiger partial charge in [0.25, 0.3) is 0 Å². The molecule has 5 heteroatoms. The highest BCUT2D eigenvalue weighted by atomic mass is 35.5. The van der Waals surface area contributed by atoms with Crippen LogP contribution in [0.2, 0.25) is 10.0 Å². The number of carboxylic acids is 1. The molecule has 0 spiro atoms. The van der Waals surface area contributed by atoms with Crippen molar-refractivity contribution in [1.82, 2.24) is 0 Å². The smallest absolute Gasteiger partial charge is 0.0715 e. The van der Waals surface area contributed by atoms with Gasteiger partial charge in [0.1, 0.15) is 0 Å². The molecule has 0 fully saturated rings. The third-order valence-corrected chi connectivity index (χ3v) is 5.41. The van der Waals surface area contributed by atoms with Gasteiger partial charge in [-0.3, -0.25) is 0 Å². The van der Waals surface area contributed by atoms with Gasteiger partial charge in [0, 0.05) is 10.9 Å². The van der Waals surface area contributed by atoms with Crippen LogP contribution in [0.1, 0.15) is 39.9 Å². The molecule has 0 radical (unpaired) electrons. The summed E-state index contributed by atoms with van der Waals surface area (Å²) in [4.78, 5) is 10.9. The van der Waals surface area contributed by atoms with E-state index in [2.05, 4.69) is 17.5 Å². The van der Waals surface area contributed by atoms with Gasteiger partial charge in [-0.2, -0.15) is 0 Å². The average molecular weight is 359 g/mol. The molecular formula is C19H14Cl2NO2-. The number of fused-ring (bicyclic) bond motifs is 3. The minimum absolute atomic E-state index is 0.0620. The first-order valence-corrected chi connectivity index (χ1v) is 8.53. The zero-order valence-electron chi connectivity index (χ0n) is 12.6. The van der Waals surface area contributed by atoms with E-state index in [9.17, 15) is 9.90 Å². The fraction of sp³-hybridized carbons (Fsp3) is 0.211. The zero-order chi connectivity index (χ0) is 16.8. The molecule has 0 saturated carbocycles. The van der Waals surface area contributed by atoms with Crippen LogP contribution in [0.25, 0.3) is 0 Å². The van der Waals surface area contributed by atoms with E-state index in [0.717, 1.165) is 23.2 Å². The first-order valence-electron chi connectivity index (χ1n) is 7.78. The summed E-state index contributed by atoms with van der Waals surface area (Å²) in [5.41, 5.74) is 3.24. The fourth-order valence-electron chi connectivity index (χ4n) is 3.78. The number of hydrogen-bond acceptors (Lipinski definition) is 3. The summed E-state index contributed by atoms with van der Waals surface area (Å²) in [6.07, 6.45) is 5.34. The van der Waals surface area contributed by atoms with Gasteiger partial charge in [0.2, 0.25) is 0 Å². The van der Waals surface area contributed by atoms with E-state index in [4.69, 9.17) is 23.2 Å². The first-order chi connectivity index (χ1) is 11.5. The van der Waals surface area contributed by atoms with Gasteiger partial charge in [-0.05, 0) is 41.2 Å². The van der Waals surface area contributed by atoms with Crippen LogP contribution in [0.5, 0.6) is 0 Å². The Bertz CT molecular complexity index is 845. The van der Waals surface area contributed by atoms with Gasteiger partial charge in [-0.25, -0.2) is 0 Å². The quantitative estimate of drug-likeness (QED) is 0.819. The molecule has 1 heterocycles. The van der Waals surface area contributed by atoms with Gasteiger partial charge >= 0.3 is 0 Å². The number of anilines is 1. The Hall–Kier alpha value is -1.97. The number of rotatable bonds is 2. The van der Waals surface area contributed by atoms with Crippen molar-refractivity contribution in [2.45, 2.75) is 18.4 Å². The summed E-state index contributed by atoms with van der Waals surface area (Å²) in [6.45, 7) is 0. The molecular weight excluding hydrogens is 345 g/mol. The van der Waals surface area contributed by atoms with Crippen LogP contribution in [-0.4, -0.2) is 5.97 Å². The van der Waals surface area contributed by atoms with Crippen LogP contribution in [0, 0.1) is 5.92 Å². The molecule has 1 aliphatic carbocycles. The molecule has 4 rings (SSSR count). The molecule has 2 aliphatic rings. The Morgan fingerprint density at radius 1 is 1.17 bits per heavy atom. The lowest BCUT2D eigenvalue weighted by Gasteiger charge is -2.38. The molecule has 3 atom stereocenters. The number of halogens is 2. The number of allylic oxidation sites excluding steroid dienone is 2. The maximum absolute atomic E-state index is 10.9. The van der Waals surface area contributed by atoms with E-state index < -0.39 is 5.97 Å². The fourth-order valence-corrected chi connectivity index (χ4v) is 4.34. The lowest BCUT2D eigenvalue weighted by molar-refractivity contribution is -0.255. The summed E-state index contributed by atoms with van der Waals surface area (Å²) < 4.78 is 0.